The Kier molecular flexibility index (Phi) is 2.71. The first-order chi connectivity index (χ1) is 4.09. The summed E-state index contributed by atoms with van der Waals surface area (Å²) in [5, 5.41) is 16.0. The van der Waals surface area contributed by atoms with Crippen LogP contribution in [0.4, 0.5) is 0 Å². The van der Waals surface area contributed by atoms with Crippen LogP contribution in [0.1, 0.15) is 13.8 Å². The van der Waals surface area contributed by atoms with Gasteiger partial charge in [-0.3, -0.25) is 0 Å². The molecule has 50 valence electrons. The van der Waals surface area contributed by atoms with Gasteiger partial charge in [-0.25, -0.2) is 0 Å². The fourth-order valence-electron chi connectivity index (χ4n) is 0.348. The molecule has 0 unspecified atom stereocenters. The first kappa shape index (κ1) is 7.95. The fourth-order valence-corrected chi connectivity index (χ4v) is 0.348. The Morgan fingerprint density at radius 3 is 2.11 bits per heavy atom. The number of rotatable bonds is 2. The first-order valence-corrected chi connectivity index (χ1v) is 2.67. The highest BCUT2D eigenvalue weighted by Gasteiger charge is 1.96. The van der Waals surface area contributed by atoms with E-state index in [9.17, 15) is 0 Å². The highest BCUT2D eigenvalue weighted by Crippen LogP contribution is 2.00. The van der Waals surface area contributed by atoms with Crippen LogP contribution in [0.15, 0.2) is 24.0 Å². The minimum absolute atomic E-state index is 0.180. The van der Waals surface area contributed by atoms with E-state index in [2.05, 4.69) is 6.58 Å². The van der Waals surface area contributed by atoms with Crippen molar-refractivity contribution in [3.05, 3.63) is 24.0 Å². The molecule has 0 saturated heterocycles. The lowest BCUT2D eigenvalue weighted by Crippen LogP contribution is -1.94. The Bertz CT molecular complexity index is 164. The predicted molar refractivity (Wildman–Crippen MR) is 38.9 cm³/mol. The molecule has 0 rings (SSSR count). The zero-order valence-corrected chi connectivity index (χ0v) is 5.73. The maximum absolute atomic E-state index is 8.81. The predicted octanol–water partition coefficient (Wildman–Crippen LogP) is 2.04. The van der Waals surface area contributed by atoms with Crippen LogP contribution in [-0.2, 0) is 0 Å². The summed E-state index contributed by atoms with van der Waals surface area (Å²) in [5.41, 5.74) is 0.847. The standard InChI is InChI=1S/C7H11NO/c1-4-7(8)5(2)6(3)9/h4,8-9H,1H2,2-3H3/b6-5-,8-7?. The molecule has 0 aliphatic heterocycles. The molecule has 0 radical (unpaired) electrons. The summed E-state index contributed by atoms with van der Waals surface area (Å²) in [6.07, 6.45) is 1.40. The van der Waals surface area contributed by atoms with Gasteiger partial charge in [0.15, 0.2) is 0 Å². The second-order valence-corrected chi connectivity index (χ2v) is 1.83. The van der Waals surface area contributed by atoms with Gasteiger partial charge >= 0.3 is 0 Å². The summed E-state index contributed by atoms with van der Waals surface area (Å²) in [6.45, 7) is 6.62. The van der Waals surface area contributed by atoms with Crippen molar-refractivity contribution < 1.29 is 5.11 Å². The Morgan fingerprint density at radius 1 is 1.56 bits per heavy atom. The van der Waals surface area contributed by atoms with Gasteiger partial charge in [0.25, 0.3) is 0 Å². The van der Waals surface area contributed by atoms with Crippen LogP contribution in [0, 0.1) is 5.41 Å². The molecule has 0 spiro atoms. The molecule has 0 bridgehead atoms. The van der Waals surface area contributed by atoms with E-state index in [-0.39, 0.29) is 11.5 Å². The number of aliphatic hydroxyl groups is 1. The van der Waals surface area contributed by atoms with Gasteiger partial charge < -0.3 is 10.5 Å². The molecule has 0 atom stereocenters. The van der Waals surface area contributed by atoms with E-state index in [0.29, 0.717) is 5.57 Å². The molecule has 2 N–H and O–H groups in total. The Morgan fingerprint density at radius 2 is 2.00 bits per heavy atom. The quantitative estimate of drug-likeness (QED) is 0.430. The van der Waals surface area contributed by atoms with Gasteiger partial charge in [-0.05, 0) is 19.9 Å². The van der Waals surface area contributed by atoms with Crippen molar-refractivity contribution in [1.82, 2.24) is 0 Å². The van der Waals surface area contributed by atoms with Crippen molar-refractivity contribution in [2.45, 2.75) is 13.8 Å². The van der Waals surface area contributed by atoms with E-state index in [0.717, 1.165) is 0 Å². The summed E-state index contributed by atoms with van der Waals surface area (Å²) < 4.78 is 0. The number of nitrogens with one attached hydrogen (secondary N) is 1. The van der Waals surface area contributed by atoms with E-state index in [1.165, 1.54) is 6.08 Å². The number of hydrogen-bond donors (Lipinski definition) is 2. The van der Waals surface area contributed by atoms with Crippen LogP contribution in [0.25, 0.3) is 0 Å². The molecule has 0 aromatic heterocycles. The van der Waals surface area contributed by atoms with E-state index in [1.807, 2.05) is 0 Å². The average molecular weight is 125 g/mol. The molecular formula is C7H11NO. The van der Waals surface area contributed by atoms with E-state index in [4.69, 9.17) is 10.5 Å². The zero-order valence-electron chi connectivity index (χ0n) is 5.73. The van der Waals surface area contributed by atoms with Crippen LogP contribution < -0.4 is 0 Å². The zero-order chi connectivity index (χ0) is 7.44. The van der Waals surface area contributed by atoms with Crippen molar-refractivity contribution in [2.75, 3.05) is 0 Å². The molecule has 2 nitrogen and oxygen atoms in total. The smallest absolute Gasteiger partial charge is 0.0942 e. The minimum Gasteiger partial charge on any atom is -0.512 e. The van der Waals surface area contributed by atoms with Gasteiger partial charge in [-0.1, -0.05) is 6.58 Å². The topological polar surface area (TPSA) is 44.1 Å². The monoisotopic (exact) mass is 125 g/mol. The van der Waals surface area contributed by atoms with Crippen LogP contribution in [0.3, 0.4) is 0 Å². The molecule has 0 heterocycles. The van der Waals surface area contributed by atoms with E-state index < -0.39 is 0 Å². The van der Waals surface area contributed by atoms with E-state index >= 15 is 0 Å². The third-order valence-electron chi connectivity index (χ3n) is 1.15. The maximum atomic E-state index is 8.81. The third-order valence-corrected chi connectivity index (χ3v) is 1.15. The van der Waals surface area contributed by atoms with Crippen molar-refractivity contribution >= 4 is 5.71 Å². The van der Waals surface area contributed by atoms with Gasteiger partial charge in [-0.2, -0.15) is 0 Å². The van der Waals surface area contributed by atoms with Crippen LogP contribution in [0.2, 0.25) is 0 Å². The van der Waals surface area contributed by atoms with Crippen molar-refractivity contribution in [3.8, 4) is 0 Å². The van der Waals surface area contributed by atoms with Crippen molar-refractivity contribution in [3.63, 3.8) is 0 Å². The molecule has 0 fully saturated rings. The van der Waals surface area contributed by atoms with Gasteiger partial charge in [0.2, 0.25) is 0 Å². The summed E-state index contributed by atoms with van der Waals surface area (Å²) in [4.78, 5) is 0. The Balaban J connectivity index is 4.39. The lowest BCUT2D eigenvalue weighted by molar-refractivity contribution is 0.410. The lowest BCUT2D eigenvalue weighted by Gasteiger charge is -1.97. The van der Waals surface area contributed by atoms with Gasteiger partial charge in [-0.15, -0.1) is 0 Å². The minimum atomic E-state index is 0.180. The number of aliphatic hydroxyl groups excluding tert-OH is 1. The highest BCUT2D eigenvalue weighted by atomic mass is 16.3. The van der Waals surface area contributed by atoms with Crippen LogP contribution in [0.5, 0.6) is 0 Å². The summed E-state index contributed by atoms with van der Waals surface area (Å²) in [7, 11) is 0. The molecule has 0 aliphatic carbocycles. The van der Waals surface area contributed by atoms with E-state index in [1.54, 1.807) is 13.8 Å². The second-order valence-electron chi connectivity index (χ2n) is 1.83. The third kappa shape index (κ3) is 2.13. The molecule has 0 aromatic carbocycles. The summed E-state index contributed by atoms with van der Waals surface area (Å²) in [5.74, 6) is 0.180. The molecular weight excluding hydrogens is 114 g/mol. The van der Waals surface area contributed by atoms with Gasteiger partial charge in [0.05, 0.1) is 11.5 Å². The highest BCUT2D eigenvalue weighted by molar-refractivity contribution is 6.05. The maximum Gasteiger partial charge on any atom is 0.0942 e. The molecule has 0 aromatic rings. The summed E-state index contributed by atoms with van der Waals surface area (Å²) in [6, 6.07) is 0. The van der Waals surface area contributed by atoms with Crippen molar-refractivity contribution in [1.29, 1.82) is 5.41 Å². The second kappa shape index (κ2) is 3.07. The lowest BCUT2D eigenvalue weighted by atomic mass is 10.1. The average Bonchev–Trinajstić information content (AvgIpc) is 1.84. The SMILES string of the molecule is C=CC(=N)/C(C)=C(/C)O. The fraction of sp³-hybridized carbons (Fsp3) is 0.286. The molecule has 2 heteroatoms. The Hall–Kier alpha value is -1.05. The normalized spacial score (nSPS) is 12.2. The van der Waals surface area contributed by atoms with Gasteiger partial charge in [0.1, 0.15) is 0 Å². The van der Waals surface area contributed by atoms with Crippen LogP contribution in [-0.4, -0.2) is 10.8 Å². The first-order valence-electron chi connectivity index (χ1n) is 2.67. The van der Waals surface area contributed by atoms with Crippen molar-refractivity contribution in [2.24, 2.45) is 0 Å². The molecule has 0 amide bonds. The van der Waals surface area contributed by atoms with Gasteiger partial charge in [0, 0.05) is 5.57 Å². The number of allylic oxidation sites excluding steroid dienone is 3. The summed E-state index contributed by atoms with van der Waals surface area (Å²) >= 11 is 0. The Labute approximate surface area is 55.0 Å². The molecule has 0 aliphatic rings. The molecule has 9 heavy (non-hydrogen) atoms. The largest absolute Gasteiger partial charge is 0.512 e. The van der Waals surface area contributed by atoms with Crippen LogP contribution >= 0.6 is 0 Å². The number of hydrogen-bond acceptors (Lipinski definition) is 2. The molecule has 0 saturated carbocycles.